The molecule has 0 saturated heterocycles. The summed E-state index contributed by atoms with van der Waals surface area (Å²) >= 11 is 4.72. The molecular formula is C23H25N3O3S3. The highest BCUT2D eigenvalue weighted by molar-refractivity contribution is 8.00. The fourth-order valence-electron chi connectivity index (χ4n) is 4.62. The Morgan fingerprint density at radius 1 is 1.16 bits per heavy atom. The van der Waals surface area contributed by atoms with Crippen LogP contribution < -0.4 is 5.32 Å². The highest BCUT2D eigenvalue weighted by Gasteiger charge is 2.29. The van der Waals surface area contributed by atoms with Crippen LogP contribution in [0.4, 0.5) is 5.00 Å². The fraction of sp³-hybridized carbons (Fsp3) is 0.478. The molecule has 3 aromatic rings. The Bertz CT molecular complexity index is 1200. The number of aromatic nitrogens is 2. The van der Waals surface area contributed by atoms with Gasteiger partial charge in [0.25, 0.3) is 0 Å². The first-order chi connectivity index (χ1) is 15.5. The fourth-order valence-corrected chi connectivity index (χ4v) is 8.16. The maximum atomic E-state index is 12.9. The van der Waals surface area contributed by atoms with Gasteiger partial charge in [0.1, 0.15) is 21.2 Å². The zero-order chi connectivity index (χ0) is 22.2. The molecule has 0 fully saturated rings. The quantitative estimate of drug-likeness (QED) is 0.300. The Morgan fingerprint density at radius 3 is 2.84 bits per heavy atom. The molecule has 3 aromatic heterocycles. The van der Waals surface area contributed by atoms with Crippen molar-refractivity contribution in [1.82, 2.24) is 9.97 Å². The van der Waals surface area contributed by atoms with Gasteiger partial charge < -0.3 is 10.1 Å². The summed E-state index contributed by atoms with van der Waals surface area (Å²) in [6.45, 7) is 2.22. The van der Waals surface area contributed by atoms with Crippen molar-refractivity contribution in [3.63, 3.8) is 0 Å². The SMILES string of the molecule is COC(=O)c1c(NC(=O)CSc2ncnc3sc4c(c23)CCCC4)sc2c1CC[C@H](C)C2. The Hall–Kier alpha value is -1.97. The first-order valence-electron chi connectivity index (χ1n) is 11.0. The summed E-state index contributed by atoms with van der Waals surface area (Å²) in [4.78, 5) is 37.9. The van der Waals surface area contributed by atoms with Crippen molar-refractivity contribution in [1.29, 1.82) is 0 Å². The molecule has 0 aromatic carbocycles. The van der Waals surface area contributed by atoms with E-state index in [2.05, 4.69) is 22.2 Å². The summed E-state index contributed by atoms with van der Waals surface area (Å²) in [6.07, 6.45) is 9.02. The lowest BCUT2D eigenvalue weighted by molar-refractivity contribution is -0.113. The number of anilines is 1. The lowest BCUT2D eigenvalue weighted by atomic mass is 9.88. The number of fused-ring (bicyclic) bond motifs is 4. The number of rotatable bonds is 5. The van der Waals surface area contributed by atoms with Crippen LogP contribution >= 0.6 is 34.4 Å². The average Bonchev–Trinajstić information content (AvgIpc) is 3.34. The van der Waals surface area contributed by atoms with Crippen LogP contribution in [0.15, 0.2) is 11.4 Å². The number of aryl methyl sites for hydroxylation is 2. The summed E-state index contributed by atoms with van der Waals surface area (Å²) in [5.41, 5.74) is 2.95. The maximum Gasteiger partial charge on any atom is 0.341 e. The normalized spacial score (nSPS) is 17.6. The van der Waals surface area contributed by atoms with Crippen molar-refractivity contribution in [2.75, 3.05) is 18.2 Å². The molecule has 168 valence electrons. The number of amides is 1. The number of ether oxygens (including phenoxy) is 1. The van der Waals surface area contributed by atoms with Gasteiger partial charge in [0, 0.05) is 15.1 Å². The van der Waals surface area contributed by atoms with E-state index in [0.717, 1.165) is 52.9 Å². The van der Waals surface area contributed by atoms with Crippen molar-refractivity contribution >= 4 is 61.5 Å². The van der Waals surface area contributed by atoms with E-state index in [1.165, 1.54) is 58.4 Å². The number of nitrogens with zero attached hydrogens (tertiary/aromatic N) is 2. The topological polar surface area (TPSA) is 81.2 Å². The number of thioether (sulfide) groups is 1. The van der Waals surface area contributed by atoms with Crippen molar-refractivity contribution in [3.05, 3.63) is 32.8 Å². The molecule has 1 N–H and O–H groups in total. The van der Waals surface area contributed by atoms with Crippen LogP contribution in [-0.4, -0.2) is 34.7 Å². The summed E-state index contributed by atoms with van der Waals surface area (Å²) in [7, 11) is 1.39. The van der Waals surface area contributed by atoms with Gasteiger partial charge in [-0.3, -0.25) is 4.79 Å². The number of thiophene rings is 2. The zero-order valence-electron chi connectivity index (χ0n) is 18.2. The molecule has 0 aliphatic heterocycles. The van der Waals surface area contributed by atoms with Gasteiger partial charge in [0.15, 0.2) is 0 Å². The van der Waals surface area contributed by atoms with Gasteiger partial charge in [-0.05, 0) is 62.0 Å². The third-order valence-electron chi connectivity index (χ3n) is 6.21. The van der Waals surface area contributed by atoms with Crippen LogP contribution in [0.25, 0.3) is 10.2 Å². The molecule has 0 spiro atoms. The van der Waals surface area contributed by atoms with Gasteiger partial charge in [-0.15, -0.1) is 22.7 Å². The van der Waals surface area contributed by atoms with E-state index in [0.29, 0.717) is 16.5 Å². The summed E-state index contributed by atoms with van der Waals surface area (Å²) in [6, 6.07) is 0. The number of nitrogens with one attached hydrogen (secondary N) is 1. The Kier molecular flexibility index (Phi) is 6.22. The monoisotopic (exact) mass is 487 g/mol. The van der Waals surface area contributed by atoms with Gasteiger partial charge in [-0.25, -0.2) is 14.8 Å². The summed E-state index contributed by atoms with van der Waals surface area (Å²) < 4.78 is 5.03. The highest BCUT2D eigenvalue weighted by Crippen LogP contribution is 2.41. The van der Waals surface area contributed by atoms with Gasteiger partial charge >= 0.3 is 5.97 Å². The highest BCUT2D eigenvalue weighted by atomic mass is 32.2. The third-order valence-corrected chi connectivity index (χ3v) is 9.57. The van der Waals surface area contributed by atoms with E-state index in [-0.39, 0.29) is 17.6 Å². The van der Waals surface area contributed by atoms with E-state index in [4.69, 9.17) is 4.74 Å². The van der Waals surface area contributed by atoms with Crippen molar-refractivity contribution < 1.29 is 14.3 Å². The number of methoxy groups -OCH3 is 1. The molecule has 6 nitrogen and oxygen atoms in total. The van der Waals surface area contributed by atoms with Crippen LogP contribution in [0.2, 0.25) is 0 Å². The lowest BCUT2D eigenvalue weighted by Crippen LogP contribution is -2.17. The summed E-state index contributed by atoms with van der Waals surface area (Å²) in [5.74, 6) is 0.309. The first kappa shape index (κ1) is 21.9. The van der Waals surface area contributed by atoms with Gasteiger partial charge in [0.05, 0.1) is 18.4 Å². The standard InChI is InChI=1S/C23H25N3O3S3/c1-12-7-8-14-16(9-12)32-22(19(14)23(28)29-2)26-17(27)10-30-20-18-13-5-3-4-6-15(13)31-21(18)25-11-24-20/h11-12H,3-10H2,1-2H3,(H,26,27)/t12-/m0/s1. The van der Waals surface area contributed by atoms with Crippen LogP contribution in [0, 0.1) is 5.92 Å². The minimum atomic E-state index is -0.373. The van der Waals surface area contributed by atoms with Crippen LogP contribution in [0.1, 0.15) is 57.4 Å². The van der Waals surface area contributed by atoms with Crippen molar-refractivity contribution in [3.8, 4) is 0 Å². The van der Waals surface area contributed by atoms with E-state index < -0.39 is 0 Å². The number of hydrogen-bond donors (Lipinski definition) is 1. The molecule has 9 heteroatoms. The van der Waals surface area contributed by atoms with Crippen molar-refractivity contribution in [2.24, 2.45) is 5.92 Å². The van der Waals surface area contributed by atoms with Crippen LogP contribution in [0.3, 0.4) is 0 Å². The van der Waals surface area contributed by atoms with Crippen LogP contribution in [-0.2, 0) is 35.2 Å². The predicted molar refractivity (Wildman–Crippen MR) is 130 cm³/mol. The maximum absolute atomic E-state index is 12.9. The lowest BCUT2D eigenvalue weighted by Gasteiger charge is -2.18. The molecule has 1 amide bonds. The number of esters is 1. The average molecular weight is 488 g/mol. The number of carbonyl (C=O) groups is 2. The molecule has 0 radical (unpaired) electrons. The molecule has 32 heavy (non-hydrogen) atoms. The molecule has 2 aliphatic carbocycles. The molecule has 0 saturated carbocycles. The number of carbonyl (C=O) groups excluding carboxylic acids is 2. The Labute approximate surface area is 199 Å². The summed E-state index contributed by atoms with van der Waals surface area (Å²) in [5, 5.41) is 5.60. The van der Waals surface area contributed by atoms with E-state index >= 15 is 0 Å². The minimum Gasteiger partial charge on any atom is -0.465 e. The van der Waals surface area contributed by atoms with E-state index in [1.54, 1.807) is 17.7 Å². The predicted octanol–water partition coefficient (Wildman–Crippen LogP) is 5.27. The van der Waals surface area contributed by atoms with Crippen molar-refractivity contribution in [2.45, 2.75) is 56.9 Å². The van der Waals surface area contributed by atoms with Gasteiger partial charge in [-0.1, -0.05) is 18.7 Å². The second-order valence-corrected chi connectivity index (χ2v) is 11.6. The second-order valence-electron chi connectivity index (χ2n) is 8.45. The molecule has 3 heterocycles. The van der Waals surface area contributed by atoms with E-state index in [9.17, 15) is 9.59 Å². The minimum absolute atomic E-state index is 0.136. The van der Waals surface area contributed by atoms with Gasteiger partial charge in [-0.2, -0.15) is 0 Å². The first-order valence-corrected chi connectivity index (χ1v) is 13.6. The molecule has 1 atom stereocenters. The third kappa shape index (κ3) is 4.06. The molecule has 2 aliphatic rings. The van der Waals surface area contributed by atoms with Crippen LogP contribution in [0.5, 0.6) is 0 Å². The number of hydrogen-bond acceptors (Lipinski definition) is 8. The molecule has 0 unspecified atom stereocenters. The molecule has 0 bridgehead atoms. The zero-order valence-corrected chi connectivity index (χ0v) is 20.6. The Morgan fingerprint density at radius 2 is 2.00 bits per heavy atom. The van der Waals surface area contributed by atoms with Gasteiger partial charge in [0.2, 0.25) is 5.91 Å². The largest absolute Gasteiger partial charge is 0.465 e. The Balaban J connectivity index is 1.35. The molecular weight excluding hydrogens is 462 g/mol. The van der Waals surface area contributed by atoms with E-state index in [1.807, 2.05) is 0 Å². The second kappa shape index (κ2) is 9.11. The smallest absolute Gasteiger partial charge is 0.341 e. The molecule has 5 rings (SSSR count).